The van der Waals surface area contributed by atoms with Gasteiger partial charge in [-0.05, 0) is 18.1 Å². The van der Waals surface area contributed by atoms with Crippen molar-refractivity contribution in [1.29, 1.82) is 5.26 Å². The lowest BCUT2D eigenvalue weighted by molar-refractivity contribution is 0.411. The summed E-state index contributed by atoms with van der Waals surface area (Å²) in [4.78, 5) is 0. The minimum absolute atomic E-state index is 0.215. The number of hydrogen-bond acceptors (Lipinski definition) is 3. The van der Waals surface area contributed by atoms with Crippen LogP contribution in [0, 0.1) is 11.3 Å². The highest BCUT2D eigenvalue weighted by Gasteiger charge is 2.17. The standard InChI is InChI=1S/C14H15N3O/c1-10(2)14-11(8-15)9-16-17(14)12-6-4-5-7-13(12)18-3/h4-7,9-10H,1-3H3. The first-order valence-electron chi connectivity index (χ1n) is 5.80. The Morgan fingerprint density at radius 2 is 2.06 bits per heavy atom. The van der Waals surface area contributed by atoms with Crippen LogP contribution in [0.15, 0.2) is 30.5 Å². The minimum Gasteiger partial charge on any atom is -0.494 e. The van der Waals surface area contributed by atoms with Crippen molar-refractivity contribution in [3.05, 3.63) is 41.7 Å². The lowest BCUT2D eigenvalue weighted by Crippen LogP contribution is -2.06. The van der Waals surface area contributed by atoms with Crippen molar-refractivity contribution in [3.63, 3.8) is 0 Å². The van der Waals surface area contributed by atoms with E-state index < -0.39 is 0 Å². The Balaban J connectivity index is 2.65. The SMILES string of the molecule is COc1ccccc1-n1ncc(C#N)c1C(C)C. The molecule has 4 heteroatoms. The van der Waals surface area contributed by atoms with E-state index in [9.17, 15) is 0 Å². The molecule has 92 valence electrons. The number of para-hydroxylation sites is 2. The van der Waals surface area contributed by atoms with Crippen LogP contribution in [0.5, 0.6) is 5.75 Å². The second-order valence-electron chi connectivity index (χ2n) is 4.29. The molecule has 18 heavy (non-hydrogen) atoms. The molecule has 1 heterocycles. The van der Waals surface area contributed by atoms with Crippen LogP contribution < -0.4 is 4.74 Å². The molecule has 1 aromatic carbocycles. The molecule has 0 amide bonds. The Labute approximate surface area is 106 Å². The summed E-state index contributed by atoms with van der Waals surface area (Å²) >= 11 is 0. The third kappa shape index (κ3) is 1.95. The van der Waals surface area contributed by atoms with Crippen LogP contribution >= 0.6 is 0 Å². The van der Waals surface area contributed by atoms with Gasteiger partial charge in [0.2, 0.25) is 0 Å². The monoisotopic (exact) mass is 241 g/mol. The van der Waals surface area contributed by atoms with Gasteiger partial charge in [-0.1, -0.05) is 26.0 Å². The molecule has 0 saturated heterocycles. The fraction of sp³-hybridized carbons (Fsp3) is 0.286. The number of benzene rings is 1. The summed E-state index contributed by atoms with van der Waals surface area (Å²) in [5, 5.41) is 13.4. The first-order valence-corrected chi connectivity index (χ1v) is 5.80. The zero-order valence-electron chi connectivity index (χ0n) is 10.7. The van der Waals surface area contributed by atoms with Gasteiger partial charge in [-0.3, -0.25) is 0 Å². The molecule has 1 aromatic heterocycles. The zero-order valence-corrected chi connectivity index (χ0v) is 10.7. The van der Waals surface area contributed by atoms with Gasteiger partial charge in [0.25, 0.3) is 0 Å². The van der Waals surface area contributed by atoms with Gasteiger partial charge in [0.1, 0.15) is 17.5 Å². The van der Waals surface area contributed by atoms with Crippen LogP contribution in [0.1, 0.15) is 31.0 Å². The molecule has 0 atom stereocenters. The summed E-state index contributed by atoms with van der Waals surface area (Å²) in [5.74, 6) is 0.957. The molecule has 4 nitrogen and oxygen atoms in total. The Morgan fingerprint density at radius 3 is 2.67 bits per heavy atom. The van der Waals surface area contributed by atoms with Crippen LogP contribution in [0.3, 0.4) is 0 Å². The number of aromatic nitrogens is 2. The number of methoxy groups -OCH3 is 1. The van der Waals surface area contributed by atoms with Crippen LogP contribution in [-0.2, 0) is 0 Å². The topological polar surface area (TPSA) is 50.8 Å². The average molecular weight is 241 g/mol. The third-order valence-electron chi connectivity index (χ3n) is 2.79. The smallest absolute Gasteiger partial charge is 0.144 e. The minimum atomic E-state index is 0.215. The molecule has 0 aliphatic carbocycles. The highest BCUT2D eigenvalue weighted by atomic mass is 16.5. The van der Waals surface area contributed by atoms with Crippen molar-refractivity contribution in [2.45, 2.75) is 19.8 Å². The predicted molar refractivity (Wildman–Crippen MR) is 68.9 cm³/mol. The number of rotatable bonds is 3. The number of nitriles is 1. The Morgan fingerprint density at radius 1 is 1.33 bits per heavy atom. The van der Waals surface area contributed by atoms with Gasteiger partial charge >= 0.3 is 0 Å². The summed E-state index contributed by atoms with van der Waals surface area (Å²) in [6.45, 7) is 4.09. The first-order chi connectivity index (χ1) is 8.69. The maximum absolute atomic E-state index is 9.12. The van der Waals surface area contributed by atoms with E-state index in [1.807, 2.05) is 38.1 Å². The van der Waals surface area contributed by atoms with Crippen molar-refractivity contribution in [2.24, 2.45) is 0 Å². The molecule has 2 aromatic rings. The normalized spacial score (nSPS) is 10.4. The quantitative estimate of drug-likeness (QED) is 0.830. The van der Waals surface area contributed by atoms with E-state index in [-0.39, 0.29) is 5.92 Å². The lowest BCUT2D eigenvalue weighted by atomic mass is 10.1. The van der Waals surface area contributed by atoms with E-state index in [4.69, 9.17) is 10.00 Å². The van der Waals surface area contributed by atoms with E-state index in [0.29, 0.717) is 5.56 Å². The second kappa shape index (κ2) is 4.92. The molecule has 0 spiro atoms. The highest BCUT2D eigenvalue weighted by molar-refractivity contribution is 5.49. The first kappa shape index (κ1) is 12.2. The van der Waals surface area contributed by atoms with Crippen LogP contribution in [0.4, 0.5) is 0 Å². The van der Waals surface area contributed by atoms with Crippen molar-refractivity contribution in [3.8, 4) is 17.5 Å². The second-order valence-corrected chi connectivity index (χ2v) is 4.29. The molecule has 0 aliphatic rings. The molecule has 0 aliphatic heterocycles. The van der Waals surface area contributed by atoms with Crippen LogP contribution in [0.2, 0.25) is 0 Å². The van der Waals surface area contributed by atoms with E-state index in [1.165, 1.54) is 0 Å². The van der Waals surface area contributed by atoms with Gasteiger partial charge in [0, 0.05) is 0 Å². The molecule has 0 N–H and O–H groups in total. The zero-order chi connectivity index (χ0) is 13.1. The molecule has 0 radical (unpaired) electrons. The van der Waals surface area contributed by atoms with Gasteiger partial charge in [0.15, 0.2) is 0 Å². The molecule has 2 rings (SSSR count). The van der Waals surface area contributed by atoms with Gasteiger partial charge < -0.3 is 4.74 Å². The summed E-state index contributed by atoms with van der Waals surface area (Å²) < 4.78 is 7.11. The van der Waals surface area contributed by atoms with E-state index in [0.717, 1.165) is 17.1 Å². The maximum Gasteiger partial charge on any atom is 0.144 e. The molecular formula is C14H15N3O. The van der Waals surface area contributed by atoms with E-state index in [2.05, 4.69) is 11.2 Å². The van der Waals surface area contributed by atoms with Gasteiger partial charge in [0.05, 0.1) is 24.6 Å². The number of nitrogens with zero attached hydrogens (tertiary/aromatic N) is 3. The number of hydrogen-bond donors (Lipinski definition) is 0. The van der Waals surface area contributed by atoms with E-state index in [1.54, 1.807) is 18.0 Å². The molecule has 0 saturated carbocycles. The maximum atomic E-state index is 9.12. The van der Waals surface area contributed by atoms with Crippen LogP contribution in [-0.4, -0.2) is 16.9 Å². The molecular weight excluding hydrogens is 226 g/mol. The van der Waals surface area contributed by atoms with Gasteiger partial charge in [-0.25, -0.2) is 4.68 Å². The molecule has 0 fully saturated rings. The van der Waals surface area contributed by atoms with Crippen molar-refractivity contribution < 1.29 is 4.74 Å². The van der Waals surface area contributed by atoms with Crippen molar-refractivity contribution in [1.82, 2.24) is 9.78 Å². The number of ether oxygens (including phenoxy) is 1. The van der Waals surface area contributed by atoms with Crippen molar-refractivity contribution in [2.75, 3.05) is 7.11 Å². The largest absolute Gasteiger partial charge is 0.494 e. The fourth-order valence-corrected chi connectivity index (χ4v) is 2.00. The average Bonchev–Trinajstić information content (AvgIpc) is 2.82. The summed E-state index contributed by atoms with van der Waals surface area (Å²) in [6, 6.07) is 9.83. The highest BCUT2D eigenvalue weighted by Crippen LogP contribution is 2.27. The third-order valence-corrected chi connectivity index (χ3v) is 2.79. The predicted octanol–water partition coefficient (Wildman–Crippen LogP) is 2.88. The molecule has 0 unspecified atom stereocenters. The Bertz CT molecular complexity index is 593. The van der Waals surface area contributed by atoms with E-state index >= 15 is 0 Å². The summed E-state index contributed by atoms with van der Waals surface area (Å²) in [7, 11) is 1.63. The molecule has 0 bridgehead atoms. The summed E-state index contributed by atoms with van der Waals surface area (Å²) in [5.41, 5.74) is 2.36. The lowest BCUT2D eigenvalue weighted by Gasteiger charge is -2.13. The van der Waals surface area contributed by atoms with Gasteiger partial charge in [-0.2, -0.15) is 10.4 Å². The summed E-state index contributed by atoms with van der Waals surface area (Å²) in [6.07, 6.45) is 1.60. The van der Waals surface area contributed by atoms with Gasteiger partial charge in [-0.15, -0.1) is 0 Å². The van der Waals surface area contributed by atoms with Crippen LogP contribution in [0.25, 0.3) is 5.69 Å². The Hall–Kier alpha value is -2.28. The fourth-order valence-electron chi connectivity index (χ4n) is 2.00. The van der Waals surface area contributed by atoms with Crippen molar-refractivity contribution >= 4 is 0 Å². The Kier molecular flexibility index (Phi) is 3.33.